The summed E-state index contributed by atoms with van der Waals surface area (Å²) in [6, 6.07) is 0. The Morgan fingerprint density at radius 1 is 1.88 bits per heavy atom. The van der Waals surface area contributed by atoms with Gasteiger partial charge in [0.05, 0.1) is 4.92 Å². The van der Waals surface area contributed by atoms with Crippen molar-refractivity contribution in [2.75, 3.05) is 7.11 Å². The second-order valence-corrected chi connectivity index (χ2v) is 1.38. The van der Waals surface area contributed by atoms with Gasteiger partial charge in [-0.3, -0.25) is 10.1 Å². The fraction of sp³-hybridized carbons (Fsp3) is 1.00. The van der Waals surface area contributed by atoms with E-state index in [2.05, 4.69) is 4.74 Å². The number of hydrogen-bond donors (Lipinski definition) is 0. The van der Waals surface area contributed by atoms with E-state index in [9.17, 15) is 10.1 Å². The third kappa shape index (κ3) is 1.88. The normalized spacial score (nSPS) is 13.2. The first kappa shape index (κ1) is 7.36. The summed E-state index contributed by atoms with van der Waals surface area (Å²) in [4.78, 5) is 9.40. The lowest BCUT2D eigenvalue weighted by Crippen LogP contribution is -2.19. The van der Waals surface area contributed by atoms with Crippen molar-refractivity contribution in [2.45, 2.75) is 19.6 Å². The molecule has 0 N–H and O–H groups in total. The second-order valence-electron chi connectivity index (χ2n) is 1.38. The summed E-state index contributed by atoms with van der Waals surface area (Å²) in [6.45, 7) is 1.71. The molecular weight excluding hydrogens is 110 g/mol. The molecule has 0 aromatic heterocycles. The zero-order valence-electron chi connectivity index (χ0n) is 4.96. The molecule has 0 radical (unpaired) electrons. The van der Waals surface area contributed by atoms with Crippen LogP contribution in [-0.2, 0) is 4.74 Å². The summed E-state index contributed by atoms with van der Waals surface area (Å²) in [5.74, 6) is 0. The van der Waals surface area contributed by atoms with E-state index in [0.717, 1.165) is 0 Å². The molecule has 0 aromatic carbocycles. The van der Waals surface area contributed by atoms with Crippen LogP contribution in [0.4, 0.5) is 0 Å². The quantitative estimate of drug-likeness (QED) is 0.311. The van der Waals surface area contributed by atoms with Crippen LogP contribution in [0.5, 0.6) is 0 Å². The minimum atomic E-state index is -0.824. The van der Waals surface area contributed by atoms with E-state index >= 15 is 0 Å². The van der Waals surface area contributed by atoms with E-state index in [4.69, 9.17) is 0 Å². The van der Waals surface area contributed by atoms with Crippen LogP contribution in [0.15, 0.2) is 0 Å². The van der Waals surface area contributed by atoms with Crippen LogP contribution in [0, 0.1) is 10.1 Å². The van der Waals surface area contributed by atoms with Crippen molar-refractivity contribution >= 4 is 0 Å². The minimum absolute atomic E-state index is 0.420. The summed E-state index contributed by atoms with van der Waals surface area (Å²) < 4.78 is 4.46. The van der Waals surface area contributed by atoms with Crippen molar-refractivity contribution in [3.05, 3.63) is 10.1 Å². The van der Waals surface area contributed by atoms with Crippen LogP contribution < -0.4 is 0 Å². The summed E-state index contributed by atoms with van der Waals surface area (Å²) in [7, 11) is 1.33. The fourth-order valence-corrected chi connectivity index (χ4v) is 0.402. The molecule has 0 fully saturated rings. The molecule has 0 saturated heterocycles. The third-order valence-corrected chi connectivity index (χ3v) is 0.856. The minimum Gasteiger partial charge on any atom is -0.321 e. The maximum Gasteiger partial charge on any atom is 0.314 e. The zero-order valence-corrected chi connectivity index (χ0v) is 4.96. The number of nitro groups is 1. The molecule has 0 aromatic rings. The Morgan fingerprint density at radius 2 is 2.38 bits per heavy atom. The van der Waals surface area contributed by atoms with Crippen LogP contribution in [0.3, 0.4) is 0 Å². The summed E-state index contributed by atoms with van der Waals surface area (Å²) in [5, 5.41) is 9.84. The van der Waals surface area contributed by atoms with Gasteiger partial charge in [-0.05, 0) is 0 Å². The van der Waals surface area contributed by atoms with Gasteiger partial charge in [0, 0.05) is 13.5 Å². The molecular formula is C4H9NO3. The summed E-state index contributed by atoms with van der Waals surface area (Å²) in [5.41, 5.74) is 0. The van der Waals surface area contributed by atoms with E-state index in [-0.39, 0.29) is 0 Å². The van der Waals surface area contributed by atoms with E-state index < -0.39 is 11.2 Å². The number of ether oxygens (including phenoxy) is 1. The van der Waals surface area contributed by atoms with Gasteiger partial charge in [-0.25, -0.2) is 0 Å². The Balaban J connectivity index is 3.52. The van der Waals surface area contributed by atoms with Crippen LogP contribution in [0.2, 0.25) is 0 Å². The maximum atomic E-state index is 9.84. The predicted molar refractivity (Wildman–Crippen MR) is 28.1 cm³/mol. The number of nitrogens with zero attached hydrogens (tertiary/aromatic N) is 1. The van der Waals surface area contributed by atoms with Crippen molar-refractivity contribution in [3.8, 4) is 0 Å². The number of rotatable bonds is 3. The Labute approximate surface area is 47.6 Å². The van der Waals surface area contributed by atoms with E-state index in [0.29, 0.717) is 6.42 Å². The molecule has 4 heteroatoms. The second kappa shape index (κ2) is 3.37. The molecule has 1 unspecified atom stereocenters. The highest BCUT2D eigenvalue weighted by atomic mass is 16.7. The first-order valence-electron chi connectivity index (χ1n) is 2.38. The van der Waals surface area contributed by atoms with Crippen LogP contribution in [0.25, 0.3) is 0 Å². The van der Waals surface area contributed by atoms with Gasteiger partial charge in [0.2, 0.25) is 0 Å². The largest absolute Gasteiger partial charge is 0.321 e. The molecule has 0 rings (SSSR count). The first-order valence-corrected chi connectivity index (χ1v) is 2.38. The van der Waals surface area contributed by atoms with E-state index in [1.54, 1.807) is 6.92 Å². The Morgan fingerprint density at radius 3 is 2.38 bits per heavy atom. The van der Waals surface area contributed by atoms with Gasteiger partial charge in [0.25, 0.3) is 0 Å². The number of methoxy groups -OCH3 is 1. The van der Waals surface area contributed by atoms with Gasteiger partial charge >= 0.3 is 6.23 Å². The van der Waals surface area contributed by atoms with Crippen LogP contribution >= 0.6 is 0 Å². The Kier molecular flexibility index (Phi) is 3.10. The topological polar surface area (TPSA) is 52.4 Å². The molecule has 48 valence electrons. The van der Waals surface area contributed by atoms with Crippen molar-refractivity contribution in [1.29, 1.82) is 0 Å². The molecule has 8 heavy (non-hydrogen) atoms. The van der Waals surface area contributed by atoms with Crippen molar-refractivity contribution < 1.29 is 9.66 Å². The highest BCUT2D eigenvalue weighted by Crippen LogP contribution is 1.94. The first-order chi connectivity index (χ1) is 3.72. The molecule has 0 saturated carbocycles. The van der Waals surface area contributed by atoms with Crippen molar-refractivity contribution in [2.24, 2.45) is 0 Å². The van der Waals surface area contributed by atoms with Gasteiger partial charge in [0.15, 0.2) is 0 Å². The lowest BCUT2D eigenvalue weighted by atomic mass is 10.4. The lowest BCUT2D eigenvalue weighted by Gasteiger charge is -2.01. The predicted octanol–water partition coefficient (Wildman–Crippen LogP) is 0.646. The molecule has 0 aliphatic heterocycles. The fourth-order valence-electron chi connectivity index (χ4n) is 0.402. The Bertz CT molecular complexity index is 79.4. The molecule has 0 amide bonds. The van der Waals surface area contributed by atoms with Crippen LogP contribution in [-0.4, -0.2) is 18.3 Å². The monoisotopic (exact) mass is 119 g/mol. The zero-order chi connectivity index (χ0) is 6.57. The maximum absolute atomic E-state index is 9.84. The molecule has 1 atom stereocenters. The van der Waals surface area contributed by atoms with E-state index in [1.807, 2.05) is 0 Å². The SMILES string of the molecule is CCC(OC)[N+](=O)[O-]. The third-order valence-electron chi connectivity index (χ3n) is 0.856. The summed E-state index contributed by atoms with van der Waals surface area (Å²) in [6.07, 6.45) is -0.404. The smallest absolute Gasteiger partial charge is 0.314 e. The molecule has 0 aliphatic carbocycles. The number of hydrogen-bond acceptors (Lipinski definition) is 3. The standard InChI is InChI=1S/C4H9NO3/c1-3-4(8-2)5(6)7/h4H,3H2,1-2H3. The Hall–Kier alpha value is -0.640. The lowest BCUT2D eigenvalue weighted by molar-refractivity contribution is -0.573. The molecule has 0 spiro atoms. The van der Waals surface area contributed by atoms with Gasteiger partial charge in [-0.2, -0.15) is 0 Å². The highest BCUT2D eigenvalue weighted by Gasteiger charge is 2.13. The molecule has 0 heterocycles. The van der Waals surface area contributed by atoms with Crippen molar-refractivity contribution in [3.63, 3.8) is 0 Å². The van der Waals surface area contributed by atoms with E-state index in [1.165, 1.54) is 7.11 Å². The van der Waals surface area contributed by atoms with Gasteiger partial charge in [-0.1, -0.05) is 6.92 Å². The van der Waals surface area contributed by atoms with Crippen molar-refractivity contribution in [1.82, 2.24) is 0 Å². The van der Waals surface area contributed by atoms with Crippen LogP contribution in [0.1, 0.15) is 13.3 Å². The van der Waals surface area contributed by atoms with Gasteiger partial charge < -0.3 is 4.74 Å². The van der Waals surface area contributed by atoms with Gasteiger partial charge in [0.1, 0.15) is 0 Å². The summed E-state index contributed by atoms with van der Waals surface area (Å²) >= 11 is 0. The molecule has 0 aliphatic rings. The average Bonchev–Trinajstić information content (AvgIpc) is 1.69. The average molecular weight is 119 g/mol. The molecule has 0 bridgehead atoms. The molecule has 4 nitrogen and oxygen atoms in total. The van der Waals surface area contributed by atoms with Gasteiger partial charge in [-0.15, -0.1) is 0 Å². The highest BCUT2D eigenvalue weighted by molar-refractivity contribution is 4.32.